The molecule has 0 saturated carbocycles. The van der Waals surface area contributed by atoms with Crippen molar-refractivity contribution < 1.29 is 0 Å². The molecule has 0 aromatic rings. The summed E-state index contributed by atoms with van der Waals surface area (Å²) in [6, 6.07) is 0. The summed E-state index contributed by atoms with van der Waals surface area (Å²) in [5, 5.41) is 10.7. The number of hydrogen-bond acceptors (Lipinski definition) is 3. The molecule has 0 fully saturated rings. The van der Waals surface area contributed by atoms with Gasteiger partial charge in [0.25, 0.3) is 0 Å². The summed E-state index contributed by atoms with van der Waals surface area (Å²) >= 11 is 0. The number of nitrogens with zero attached hydrogens (tertiary/aromatic N) is 2. The van der Waals surface area contributed by atoms with E-state index in [9.17, 15) is 0 Å². The lowest BCUT2D eigenvalue weighted by Gasteiger charge is -2.02. The van der Waals surface area contributed by atoms with Gasteiger partial charge in [0, 0.05) is 6.54 Å². The van der Waals surface area contributed by atoms with E-state index in [4.69, 9.17) is 10.9 Å². The van der Waals surface area contributed by atoms with E-state index >= 15 is 0 Å². The van der Waals surface area contributed by atoms with Gasteiger partial charge in [-0.25, -0.2) is 5.01 Å². The largest absolute Gasteiger partial charge is 0.290 e. The van der Waals surface area contributed by atoms with Gasteiger partial charge in [-0.3, -0.25) is 5.41 Å². The molecular formula is C5H14N4. The quantitative estimate of drug-likeness (QED) is 0.260. The lowest BCUT2D eigenvalue weighted by atomic mass is 10.7. The highest BCUT2D eigenvalue weighted by Gasteiger charge is 1.83. The minimum atomic E-state index is 0.590. The smallest absolute Gasteiger partial charge is 0.105 e. The van der Waals surface area contributed by atoms with Crippen LogP contribution in [0, 0.1) is 10.9 Å². The zero-order valence-corrected chi connectivity index (χ0v) is 6.18. The van der Waals surface area contributed by atoms with Crippen LogP contribution in [0.15, 0.2) is 5.22 Å². The van der Waals surface area contributed by atoms with E-state index in [0.717, 1.165) is 6.34 Å². The third kappa shape index (κ3) is 7.07. The lowest BCUT2D eigenvalue weighted by molar-refractivity contribution is 0.436. The summed E-state index contributed by atoms with van der Waals surface area (Å²) in [7, 11) is 0. The number of hydrogen-bond donors (Lipinski definition) is 2. The van der Waals surface area contributed by atoms with Gasteiger partial charge in [-0.1, -0.05) is 19.1 Å². The summed E-state index contributed by atoms with van der Waals surface area (Å²) in [5.74, 6) is 0. The maximum atomic E-state index is 6.55. The third-order valence-corrected chi connectivity index (χ3v) is 0.601. The van der Waals surface area contributed by atoms with Gasteiger partial charge in [0.1, 0.15) is 6.34 Å². The average Bonchev–Trinajstić information content (AvgIpc) is 1.96. The van der Waals surface area contributed by atoms with E-state index in [1.165, 1.54) is 5.01 Å². The Hall–Kier alpha value is -0.930. The van der Waals surface area contributed by atoms with Gasteiger partial charge in [0.05, 0.1) is 0 Å². The second-order valence-electron chi connectivity index (χ2n) is 0.985. The van der Waals surface area contributed by atoms with Crippen LogP contribution < -0.4 is 0 Å². The van der Waals surface area contributed by atoms with E-state index in [-0.39, 0.29) is 0 Å². The molecule has 0 radical (unpaired) electrons. The van der Waals surface area contributed by atoms with Crippen LogP contribution in [0.5, 0.6) is 0 Å². The summed E-state index contributed by atoms with van der Waals surface area (Å²) in [6.07, 6.45) is 1.01. The Morgan fingerprint density at radius 2 is 2.00 bits per heavy atom. The van der Waals surface area contributed by atoms with Crippen LogP contribution >= 0.6 is 0 Å². The highest BCUT2D eigenvalue weighted by molar-refractivity contribution is 5.49. The van der Waals surface area contributed by atoms with E-state index in [0.29, 0.717) is 6.54 Å². The van der Waals surface area contributed by atoms with E-state index < -0.39 is 0 Å². The lowest BCUT2D eigenvalue weighted by Crippen LogP contribution is -2.11. The molecule has 0 rings (SSSR count). The highest BCUT2D eigenvalue weighted by Crippen LogP contribution is 1.77. The van der Waals surface area contributed by atoms with Crippen molar-refractivity contribution in [1.29, 1.82) is 10.9 Å². The van der Waals surface area contributed by atoms with E-state index in [2.05, 4.69) is 5.22 Å². The Kier molecular flexibility index (Phi) is 12.3. The normalized spacial score (nSPS) is 6.56. The zero-order valence-electron chi connectivity index (χ0n) is 6.18. The van der Waals surface area contributed by atoms with Crippen LogP contribution in [-0.4, -0.2) is 17.9 Å². The van der Waals surface area contributed by atoms with Crippen molar-refractivity contribution >= 4 is 6.34 Å². The van der Waals surface area contributed by atoms with Gasteiger partial charge in [-0.15, -0.1) is 0 Å². The molecule has 0 saturated heterocycles. The Bertz CT molecular complexity index is 63.4. The standard InChI is InChI=1S/C3H8N4.C2H6/c1-2-7(3-4)6-5;1-2/h3-5H,2H2,1H3;1-2H3. The predicted octanol–water partition coefficient (Wildman–Crippen LogP) is 1.89. The maximum absolute atomic E-state index is 6.55. The van der Waals surface area contributed by atoms with Crippen molar-refractivity contribution in [3.63, 3.8) is 0 Å². The molecule has 0 aromatic carbocycles. The molecule has 4 nitrogen and oxygen atoms in total. The number of nitrogens with one attached hydrogen (secondary N) is 2. The molecule has 0 unspecified atom stereocenters. The first-order valence-electron chi connectivity index (χ1n) is 2.99. The Morgan fingerprint density at radius 1 is 1.56 bits per heavy atom. The van der Waals surface area contributed by atoms with Gasteiger partial charge in [0.2, 0.25) is 0 Å². The van der Waals surface area contributed by atoms with Crippen molar-refractivity contribution in [3.8, 4) is 0 Å². The molecule has 2 N–H and O–H groups in total. The van der Waals surface area contributed by atoms with Crippen LogP contribution in [0.25, 0.3) is 0 Å². The Balaban J connectivity index is 0. The van der Waals surface area contributed by atoms with Crippen molar-refractivity contribution in [1.82, 2.24) is 5.01 Å². The van der Waals surface area contributed by atoms with Gasteiger partial charge >= 0.3 is 0 Å². The van der Waals surface area contributed by atoms with Gasteiger partial charge < -0.3 is 0 Å². The highest BCUT2D eigenvalue weighted by atomic mass is 15.5. The molecular weight excluding hydrogens is 116 g/mol. The molecule has 0 aliphatic carbocycles. The summed E-state index contributed by atoms with van der Waals surface area (Å²) in [6.45, 7) is 6.41. The molecule has 0 atom stereocenters. The summed E-state index contributed by atoms with van der Waals surface area (Å²) in [5.41, 5.74) is 6.36. The molecule has 9 heavy (non-hydrogen) atoms. The van der Waals surface area contributed by atoms with E-state index in [1.54, 1.807) is 0 Å². The van der Waals surface area contributed by atoms with Gasteiger partial charge in [-0.05, 0) is 6.92 Å². The fourth-order valence-electron chi connectivity index (χ4n) is 0.191. The number of rotatable bonds is 3. The first-order valence-corrected chi connectivity index (χ1v) is 2.99. The predicted molar refractivity (Wildman–Crippen MR) is 37.7 cm³/mol. The minimum absolute atomic E-state index is 0.590. The fourth-order valence-corrected chi connectivity index (χ4v) is 0.191. The molecule has 0 bridgehead atoms. The molecule has 54 valence electrons. The summed E-state index contributed by atoms with van der Waals surface area (Å²) in [4.78, 5) is 0. The topological polar surface area (TPSA) is 63.3 Å². The Morgan fingerprint density at radius 3 is 2.00 bits per heavy atom. The Labute approximate surface area is 55.9 Å². The first kappa shape index (κ1) is 10.9. The molecule has 0 amide bonds. The first-order chi connectivity index (χ1) is 4.35. The second kappa shape index (κ2) is 10.1. The fraction of sp³-hybridized carbons (Fsp3) is 0.800. The molecule has 0 aromatic heterocycles. The maximum Gasteiger partial charge on any atom is 0.105 e. The SMILES string of the molecule is CC.CCN(C=N)N=N. The van der Waals surface area contributed by atoms with Crippen LogP contribution in [0.1, 0.15) is 20.8 Å². The van der Waals surface area contributed by atoms with Crippen molar-refractivity contribution in [2.45, 2.75) is 20.8 Å². The molecule has 4 heteroatoms. The second-order valence-corrected chi connectivity index (χ2v) is 0.985. The van der Waals surface area contributed by atoms with Crippen LogP contribution in [0.3, 0.4) is 0 Å². The van der Waals surface area contributed by atoms with Crippen LogP contribution in [0.4, 0.5) is 0 Å². The monoisotopic (exact) mass is 130 g/mol. The van der Waals surface area contributed by atoms with E-state index in [1.807, 2.05) is 20.8 Å². The third-order valence-electron chi connectivity index (χ3n) is 0.601. The average molecular weight is 130 g/mol. The van der Waals surface area contributed by atoms with Crippen molar-refractivity contribution in [3.05, 3.63) is 0 Å². The van der Waals surface area contributed by atoms with Crippen molar-refractivity contribution in [2.75, 3.05) is 6.54 Å². The molecule has 0 heterocycles. The molecule has 0 spiro atoms. The zero-order chi connectivity index (χ0) is 7.70. The van der Waals surface area contributed by atoms with Crippen LogP contribution in [0.2, 0.25) is 0 Å². The van der Waals surface area contributed by atoms with Gasteiger partial charge in [-0.2, -0.15) is 5.53 Å². The molecule has 0 aliphatic heterocycles. The van der Waals surface area contributed by atoms with Crippen LogP contribution in [-0.2, 0) is 0 Å². The van der Waals surface area contributed by atoms with Crippen molar-refractivity contribution in [2.24, 2.45) is 5.22 Å². The minimum Gasteiger partial charge on any atom is -0.290 e. The summed E-state index contributed by atoms with van der Waals surface area (Å²) < 4.78 is 0. The van der Waals surface area contributed by atoms with Gasteiger partial charge in [0.15, 0.2) is 0 Å². The molecule has 0 aliphatic rings.